The van der Waals surface area contributed by atoms with E-state index in [9.17, 15) is 13.2 Å². The van der Waals surface area contributed by atoms with Crippen LogP contribution in [0.1, 0.15) is 10.4 Å². The van der Waals surface area contributed by atoms with Crippen LogP contribution in [0.3, 0.4) is 0 Å². The van der Waals surface area contributed by atoms with E-state index in [0.717, 1.165) is 4.90 Å². The number of amides is 1. The first-order valence-electron chi connectivity index (χ1n) is 8.51. The molecule has 144 valence electrons. The van der Waals surface area contributed by atoms with Gasteiger partial charge in [-0.3, -0.25) is 9.10 Å². The lowest BCUT2D eigenvalue weighted by molar-refractivity contribution is 0.102. The third-order valence-electron chi connectivity index (χ3n) is 4.20. The lowest BCUT2D eigenvalue weighted by atomic mass is 10.2. The molecule has 0 fully saturated rings. The van der Waals surface area contributed by atoms with Crippen LogP contribution in [0, 0.1) is 0 Å². The molecule has 0 saturated heterocycles. The van der Waals surface area contributed by atoms with Gasteiger partial charge in [0.15, 0.2) is 0 Å². The average Bonchev–Trinajstić information content (AvgIpc) is 2.74. The number of nitrogens with zero attached hydrogens (tertiary/aromatic N) is 1. The molecular formula is C21H20N2O3S2. The van der Waals surface area contributed by atoms with Gasteiger partial charge in [-0.05, 0) is 54.8 Å². The maximum absolute atomic E-state index is 12.9. The van der Waals surface area contributed by atoms with Crippen LogP contribution >= 0.6 is 11.8 Å². The van der Waals surface area contributed by atoms with Gasteiger partial charge in [-0.25, -0.2) is 8.42 Å². The lowest BCUT2D eigenvalue weighted by Gasteiger charge is -2.19. The summed E-state index contributed by atoms with van der Waals surface area (Å²) in [6.07, 6.45) is 1.96. The number of thioether (sulfide) groups is 1. The zero-order valence-corrected chi connectivity index (χ0v) is 17.1. The summed E-state index contributed by atoms with van der Waals surface area (Å²) in [5.41, 5.74) is 1.48. The Morgan fingerprint density at radius 3 is 2.36 bits per heavy atom. The largest absolute Gasteiger partial charge is 0.322 e. The molecule has 3 rings (SSSR count). The van der Waals surface area contributed by atoms with Gasteiger partial charge < -0.3 is 5.32 Å². The molecule has 1 amide bonds. The molecule has 0 unspecified atom stereocenters. The molecule has 0 aliphatic heterocycles. The van der Waals surface area contributed by atoms with E-state index in [2.05, 4.69) is 5.32 Å². The smallest absolute Gasteiger partial charge is 0.264 e. The van der Waals surface area contributed by atoms with E-state index in [1.54, 1.807) is 54.2 Å². The van der Waals surface area contributed by atoms with Crippen molar-refractivity contribution in [3.8, 4) is 0 Å². The Balaban J connectivity index is 1.86. The number of para-hydroxylation sites is 1. The summed E-state index contributed by atoms with van der Waals surface area (Å²) >= 11 is 1.58. The maximum Gasteiger partial charge on any atom is 0.264 e. The molecule has 0 saturated carbocycles. The fraction of sp³-hybridized carbons (Fsp3) is 0.0952. The second-order valence-electron chi connectivity index (χ2n) is 6.02. The van der Waals surface area contributed by atoms with E-state index in [1.807, 2.05) is 30.5 Å². The van der Waals surface area contributed by atoms with Crippen molar-refractivity contribution in [3.63, 3.8) is 0 Å². The van der Waals surface area contributed by atoms with E-state index >= 15 is 0 Å². The van der Waals surface area contributed by atoms with Crippen LogP contribution < -0.4 is 9.62 Å². The number of hydrogen-bond acceptors (Lipinski definition) is 4. The molecule has 7 heteroatoms. The summed E-state index contributed by atoms with van der Waals surface area (Å²) in [6, 6.07) is 22.3. The van der Waals surface area contributed by atoms with Gasteiger partial charge in [0.2, 0.25) is 0 Å². The van der Waals surface area contributed by atoms with Crippen molar-refractivity contribution < 1.29 is 13.2 Å². The molecule has 0 atom stereocenters. The first-order chi connectivity index (χ1) is 13.4. The summed E-state index contributed by atoms with van der Waals surface area (Å²) in [5, 5.41) is 2.81. The highest BCUT2D eigenvalue weighted by molar-refractivity contribution is 7.98. The van der Waals surface area contributed by atoms with Gasteiger partial charge in [-0.1, -0.05) is 30.3 Å². The van der Waals surface area contributed by atoms with Gasteiger partial charge in [0.1, 0.15) is 0 Å². The first-order valence-corrected chi connectivity index (χ1v) is 11.2. The molecule has 0 aromatic heterocycles. The Morgan fingerprint density at radius 1 is 0.929 bits per heavy atom. The molecule has 3 aromatic rings. The minimum Gasteiger partial charge on any atom is -0.322 e. The van der Waals surface area contributed by atoms with Crippen LogP contribution in [-0.2, 0) is 10.0 Å². The number of anilines is 2. The molecule has 0 radical (unpaired) electrons. The van der Waals surface area contributed by atoms with Gasteiger partial charge in [0.25, 0.3) is 15.9 Å². The third-order valence-corrected chi connectivity index (χ3v) is 6.71. The average molecular weight is 413 g/mol. The predicted molar refractivity (Wildman–Crippen MR) is 115 cm³/mol. The highest BCUT2D eigenvalue weighted by atomic mass is 32.2. The second kappa shape index (κ2) is 8.50. The predicted octanol–water partition coefficient (Wildman–Crippen LogP) is 4.49. The van der Waals surface area contributed by atoms with E-state index in [4.69, 9.17) is 0 Å². The van der Waals surface area contributed by atoms with Crippen LogP contribution in [0.2, 0.25) is 0 Å². The van der Waals surface area contributed by atoms with Gasteiger partial charge in [-0.15, -0.1) is 11.8 Å². The quantitative estimate of drug-likeness (QED) is 0.606. The van der Waals surface area contributed by atoms with Crippen molar-refractivity contribution in [1.29, 1.82) is 0 Å². The number of carbonyl (C=O) groups excluding carboxylic acids is 1. The maximum atomic E-state index is 12.9. The Bertz CT molecular complexity index is 1080. The Kier molecular flexibility index (Phi) is 6.06. The number of rotatable bonds is 6. The highest BCUT2D eigenvalue weighted by Crippen LogP contribution is 2.23. The van der Waals surface area contributed by atoms with E-state index < -0.39 is 10.0 Å². The van der Waals surface area contributed by atoms with Crippen molar-refractivity contribution in [1.82, 2.24) is 0 Å². The van der Waals surface area contributed by atoms with Crippen molar-refractivity contribution in [3.05, 3.63) is 84.4 Å². The Hall–Kier alpha value is -2.77. The Labute approximate surface area is 169 Å². The van der Waals surface area contributed by atoms with Gasteiger partial charge >= 0.3 is 0 Å². The third kappa shape index (κ3) is 4.37. The first kappa shape index (κ1) is 20.0. The molecule has 28 heavy (non-hydrogen) atoms. The molecule has 1 N–H and O–H groups in total. The molecular weight excluding hydrogens is 392 g/mol. The van der Waals surface area contributed by atoms with Crippen LogP contribution in [0.15, 0.2) is 88.7 Å². The van der Waals surface area contributed by atoms with Gasteiger partial charge in [0.05, 0.1) is 10.6 Å². The number of benzene rings is 3. The number of sulfonamides is 1. The van der Waals surface area contributed by atoms with Crippen molar-refractivity contribution in [2.45, 2.75) is 9.79 Å². The standard InChI is InChI=1S/C21H20N2O3S2/c1-23(18-10-4-3-5-11-18)28(25,26)20-13-6-8-16(14-20)21(24)22-17-9-7-12-19(15-17)27-2/h3-15H,1-2H3,(H,22,24). The van der Waals surface area contributed by atoms with Crippen molar-refractivity contribution in [2.75, 3.05) is 22.9 Å². The van der Waals surface area contributed by atoms with Gasteiger partial charge in [0, 0.05) is 23.2 Å². The van der Waals surface area contributed by atoms with E-state index in [0.29, 0.717) is 11.4 Å². The molecule has 0 bridgehead atoms. The fourth-order valence-corrected chi connectivity index (χ4v) is 4.34. The minimum absolute atomic E-state index is 0.0596. The second-order valence-corrected chi connectivity index (χ2v) is 8.87. The molecule has 0 aliphatic carbocycles. The van der Waals surface area contributed by atoms with Crippen LogP contribution in [0.4, 0.5) is 11.4 Å². The summed E-state index contributed by atoms with van der Waals surface area (Å²) in [6.45, 7) is 0. The number of nitrogens with one attached hydrogen (secondary N) is 1. The van der Waals surface area contributed by atoms with Crippen molar-refractivity contribution in [2.24, 2.45) is 0 Å². The molecule has 0 heterocycles. The molecule has 3 aromatic carbocycles. The van der Waals surface area contributed by atoms with Crippen LogP contribution in [0.25, 0.3) is 0 Å². The summed E-state index contributed by atoms with van der Waals surface area (Å²) < 4.78 is 27.1. The van der Waals surface area contributed by atoms with Crippen LogP contribution in [0.5, 0.6) is 0 Å². The zero-order valence-electron chi connectivity index (χ0n) is 15.5. The topological polar surface area (TPSA) is 66.5 Å². The monoisotopic (exact) mass is 412 g/mol. The zero-order chi connectivity index (χ0) is 20.1. The molecule has 0 aliphatic rings. The van der Waals surface area contributed by atoms with E-state index in [-0.39, 0.29) is 16.4 Å². The summed E-state index contributed by atoms with van der Waals surface area (Å²) in [4.78, 5) is 13.7. The number of carbonyl (C=O) groups is 1. The van der Waals surface area contributed by atoms with E-state index in [1.165, 1.54) is 23.5 Å². The Morgan fingerprint density at radius 2 is 1.64 bits per heavy atom. The number of hydrogen-bond donors (Lipinski definition) is 1. The highest BCUT2D eigenvalue weighted by Gasteiger charge is 2.22. The SMILES string of the molecule is CSc1cccc(NC(=O)c2cccc(S(=O)(=O)N(C)c3ccccc3)c2)c1. The minimum atomic E-state index is -3.78. The normalized spacial score (nSPS) is 11.1. The molecule has 5 nitrogen and oxygen atoms in total. The lowest BCUT2D eigenvalue weighted by Crippen LogP contribution is -2.26. The summed E-state index contributed by atoms with van der Waals surface area (Å²) in [5.74, 6) is -0.363. The summed E-state index contributed by atoms with van der Waals surface area (Å²) in [7, 11) is -2.29. The fourth-order valence-electron chi connectivity index (χ4n) is 2.64. The van der Waals surface area contributed by atoms with Crippen LogP contribution in [-0.4, -0.2) is 27.6 Å². The molecule has 0 spiro atoms. The van der Waals surface area contributed by atoms with Crippen molar-refractivity contribution >= 4 is 39.1 Å². The van der Waals surface area contributed by atoms with Gasteiger partial charge in [-0.2, -0.15) is 0 Å².